The Morgan fingerprint density at radius 3 is 2.60 bits per heavy atom. The summed E-state index contributed by atoms with van der Waals surface area (Å²) in [5.41, 5.74) is 2.16. The molecule has 25 heavy (non-hydrogen) atoms. The van der Waals surface area contributed by atoms with Crippen LogP contribution in [0.25, 0.3) is 0 Å². The number of amides is 2. The van der Waals surface area contributed by atoms with Crippen LogP contribution in [0.2, 0.25) is 0 Å². The highest BCUT2D eigenvalue weighted by molar-refractivity contribution is 6.05. The van der Waals surface area contributed by atoms with Crippen LogP contribution in [0.1, 0.15) is 61.9 Å². The highest BCUT2D eigenvalue weighted by Gasteiger charge is 2.29. The summed E-state index contributed by atoms with van der Waals surface area (Å²) in [5.74, 6) is -0.0720. The molecule has 0 bridgehead atoms. The summed E-state index contributed by atoms with van der Waals surface area (Å²) in [7, 11) is 0. The summed E-state index contributed by atoms with van der Waals surface area (Å²) in [6.07, 6.45) is 3.84. The van der Waals surface area contributed by atoms with Gasteiger partial charge in [0.2, 0.25) is 5.91 Å². The van der Waals surface area contributed by atoms with E-state index in [9.17, 15) is 14.7 Å². The summed E-state index contributed by atoms with van der Waals surface area (Å²) in [6, 6.07) is 5.65. The molecular weight excluding hydrogens is 316 g/mol. The maximum absolute atomic E-state index is 12.9. The van der Waals surface area contributed by atoms with E-state index in [-0.39, 0.29) is 23.8 Å². The first-order valence-corrected chi connectivity index (χ1v) is 9.26. The molecule has 0 aromatic heterocycles. The van der Waals surface area contributed by atoms with Crippen molar-refractivity contribution in [2.75, 3.05) is 24.6 Å². The van der Waals surface area contributed by atoms with Gasteiger partial charge in [-0.3, -0.25) is 9.59 Å². The third-order valence-corrected chi connectivity index (χ3v) is 5.53. The van der Waals surface area contributed by atoms with Crippen LogP contribution in [0.4, 0.5) is 5.69 Å². The van der Waals surface area contributed by atoms with Crippen molar-refractivity contribution in [1.29, 1.82) is 0 Å². The monoisotopic (exact) mass is 346 g/mol. The van der Waals surface area contributed by atoms with E-state index >= 15 is 0 Å². The molecule has 0 atom stereocenters. The third-order valence-electron chi connectivity index (χ3n) is 5.53. The molecule has 5 heteroatoms. The number of hydrogen-bond donors (Lipinski definition) is 2. The van der Waals surface area contributed by atoms with E-state index in [1.165, 1.54) is 0 Å². The van der Waals surface area contributed by atoms with Crippen LogP contribution in [0.5, 0.6) is 0 Å². The van der Waals surface area contributed by atoms with Crippen molar-refractivity contribution in [2.45, 2.75) is 52.9 Å². The van der Waals surface area contributed by atoms with Crippen LogP contribution in [0, 0.1) is 12.3 Å². The van der Waals surface area contributed by atoms with E-state index in [4.69, 9.17) is 0 Å². The highest BCUT2D eigenvalue weighted by atomic mass is 16.3. The average molecular weight is 346 g/mol. The van der Waals surface area contributed by atoms with Crippen molar-refractivity contribution >= 4 is 17.5 Å². The quantitative estimate of drug-likeness (QED) is 0.760. The molecule has 0 radical (unpaired) electrons. The first-order valence-electron chi connectivity index (χ1n) is 9.26. The number of carbonyl (C=O) groups is 2. The van der Waals surface area contributed by atoms with Gasteiger partial charge in [0.1, 0.15) is 0 Å². The van der Waals surface area contributed by atoms with Crippen molar-refractivity contribution in [1.82, 2.24) is 5.32 Å². The average Bonchev–Trinajstić information content (AvgIpc) is 3.04. The van der Waals surface area contributed by atoms with E-state index in [2.05, 4.69) is 19.2 Å². The van der Waals surface area contributed by atoms with Gasteiger partial charge in [-0.2, -0.15) is 0 Å². The molecule has 0 saturated carbocycles. The summed E-state index contributed by atoms with van der Waals surface area (Å²) in [6.45, 7) is 7.44. The Bertz CT molecular complexity index is 623. The third kappa shape index (κ3) is 4.40. The predicted molar refractivity (Wildman–Crippen MR) is 99.8 cm³/mol. The molecule has 1 aliphatic rings. The standard InChI is InChI=1S/C20H30N2O3/c1-4-20(5-2,10-12-23)14-21-19(25)16-13-15(3)8-9-17(16)22-11-6-7-18(22)24/h8-9,13,23H,4-7,10-12,14H2,1-3H3,(H,21,25). The molecule has 2 N–H and O–H groups in total. The van der Waals surface area contributed by atoms with Crippen LogP contribution in [0.3, 0.4) is 0 Å². The second-order valence-corrected chi connectivity index (χ2v) is 7.03. The molecule has 138 valence electrons. The fourth-order valence-electron chi connectivity index (χ4n) is 3.51. The van der Waals surface area contributed by atoms with Gasteiger partial charge in [0, 0.05) is 26.1 Å². The maximum atomic E-state index is 12.9. The number of anilines is 1. The summed E-state index contributed by atoms with van der Waals surface area (Å²) >= 11 is 0. The lowest BCUT2D eigenvalue weighted by Gasteiger charge is -2.31. The summed E-state index contributed by atoms with van der Waals surface area (Å²) in [4.78, 5) is 26.7. The highest BCUT2D eigenvalue weighted by Crippen LogP contribution is 2.30. The Labute approximate surface area is 150 Å². The topological polar surface area (TPSA) is 69.6 Å². The van der Waals surface area contributed by atoms with Gasteiger partial charge < -0.3 is 15.3 Å². The van der Waals surface area contributed by atoms with Gasteiger partial charge in [0.05, 0.1) is 11.3 Å². The van der Waals surface area contributed by atoms with E-state index in [1.807, 2.05) is 25.1 Å². The number of nitrogens with zero attached hydrogens (tertiary/aromatic N) is 1. The number of nitrogens with one attached hydrogen (secondary N) is 1. The lowest BCUT2D eigenvalue weighted by molar-refractivity contribution is -0.117. The molecule has 2 amide bonds. The minimum absolute atomic E-state index is 0.0784. The van der Waals surface area contributed by atoms with Gasteiger partial charge in [-0.05, 0) is 50.2 Å². The number of aliphatic hydroxyl groups is 1. The number of aliphatic hydroxyl groups excluding tert-OH is 1. The van der Waals surface area contributed by atoms with Crippen molar-refractivity contribution < 1.29 is 14.7 Å². The van der Waals surface area contributed by atoms with Crippen molar-refractivity contribution in [3.05, 3.63) is 29.3 Å². The number of rotatable bonds is 8. The lowest BCUT2D eigenvalue weighted by atomic mass is 9.79. The van der Waals surface area contributed by atoms with E-state index < -0.39 is 0 Å². The lowest BCUT2D eigenvalue weighted by Crippen LogP contribution is -2.38. The molecular formula is C20H30N2O3. The predicted octanol–water partition coefficient (Wildman–Crippen LogP) is 3.04. The van der Waals surface area contributed by atoms with Crippen LogP contribution in [-0.2, 0) is 4.79 Å². The molecule has 1 heterocycles. The zero-order valence-electron chi connectivity index (χ0n) is 15.6. The van der Waals surface area contributed by atoms with E-state index in [1.54, 1.807) is 4.90 Å². The normalized spacial score (nSPS) is 14.9. The van der Waals surface area contributed by atoms with Gasteiger partial charge in [0.25, 0.3) is 5.91 Å². The molecule has 0 aliphatic carbocycles. The van der Waals surface area contributed by atoms with Gasteiger partial charge in [-0.15, -0.1) is 0 Å². The molecule has 1 aromatic rings. The molecule has 1 saturated heterocycles. The Morgan fingerprint density at radius 2 is 2.04 bits per heavy atom. The maximum Gasteiger partial charge on any atom is 0.253 e. The number of hydrogen-bond acceptors (Lipinski definition) is 3. The molecule has 0 spiro atoms. The second kappa shape index (κ2) is 8.48. The molecule has 1 aliphatic heterocycles. The fourth-order valence-corrected chi connectivity index (χ4v) is 3.51. The molecule has 0 unspecified atom stereocenters. The molecule has 1 fully saturated rings. The molecule has 2 rings (SSSR count). The van der Waals surface area contributed by atoms with Gasteiger partial charge in [-0.1, -0.05) is 25.5 Å². The second-order valence-electron chi connectivity index (χ2n) is 7.03. The first kappa shape index (κ1) is 19.4. The zero-order chi connectivity index (χ0) is 18.4. The van der Waals surface area contributed by atoms with Crippen molar-refractivity contribution in [3.8, 4) is 0 Å². The Hall–Kier alpha value is -1.88. The van der Waals surface area contributed by atoms with Gasteiger partial charge >= 0.3 is 0 Å². The Morgan fingerprint density at radius 1 is 1.32 bits per heavy atom. The molecule has 1 aromatic carbocycles. The smallest absolute Gasteiger partial charge is 0.253 e. The van der Waals surface area contributed by atoms with Gasteiger partial charge in [-0.25, -0.2) is 0 Å². The number of aryl methyl sites for hydroxylation is 1. The summed E-state index contributed by atoms with van der Waals surface area (Å²) < 4.78 is 0. The largest absolute Gasteiger partial charge is 0.396 e. The minimum Gasteiger partial charge on any atom is -0.396 e. The van der Waals surface area contributed by atoms with Crippen LogP contribution in [-0.4, -0.2) is 36.6 Å². The first-order chi connectivity index (χ1) is 12.0. The number of carbonyl (C=O) groups excluding carboxylic acids is 2. The van der Waals surface area contributed by atoms with Crippen LogP contribution >= 0.6 is 0 Å². The SMILES string of the molecule is CCC(CC)(CCO)CNC(=O)c1cc(C)ccc1N1CCCC1=O. The van der Waals surface area contributed by atoms with Crippen molar-refractivity contribution in [2.24, 2.45) is 5.41 Å². The zero-order valence-corrected chi connectivity index (χ0v) is 15.6. The van der Waals surface area contributed by atoms with Crippen LogP contribution < -0.4 is 10.2 Å². The van der Waals surface area contributed by atoms with Crippen molar-refractivity contribution in [3.63, 3.8) is 0 Å². The fraction of sp³-hybridized carbons (Fsp3) is 0.600. The summed E-state index contributed by atoms with van der Waals surface area (Å²) in [5, 5.41) is 12.4. The Balaban J connectivity index is 2.21. The van der Waals surface area contributed by atoms with Crippen LogP contribution in [0.15, 0.2) is 18.2 Å². The number of benzene rings is 1. The van der Waals surface area contributed by atoms with Gasteiger partial charge in [0.15, 0.2) is 0 Å². The van der Waals surface area contributed by atoms with E-state index in [0.717, 1.165) is 24.8 Å². The molecule has 5 nitrogen and oxygen atoms in total. The Kier molecular flexibility index (Phi) is 6.59. The van der Waals surface area contributed by atoms with E-state index in [0.29, 0.717) is 37.2 Å². The minimum atomic E-state index is -0.150.